The van der Waals surface area contributed by atoms with Crippen LogP contribution in [0.1, 0.15) is 86.1 Å². The summed E-state index contributed by atoms with van der Waals surface area (Å²) in [6, 6.07) is 47.9. The summed E-state index contributed by atoms with van der Waals surface area (Å²) in [5.74, 6) is 0. The molecule has 0 atom stereocenters. The van der Waals surface area contributed by atoms with Crippen molar-refractivity contribution in [3.8, 4) is 0 Å². The molecule has 4 heteroatoms. The minimum Gasteiger partial charge on any atom is -0.307 e. The highest BCUT2D eigenvalue weighted by Gasteiger charge is 2.48. The maximum atomic E-state index is 2.71. The zero-order valence-electron chi connectivity index (χ0n) is 38.6. The van der Waals surface area contributed by atoms with Gasteiger partial charge in [0.2, 0.25) is 13.4 Å². The lowest BCUT2D eigenvalue weighted by Gasteiger charge is -2.50. The Kier molecular flexibility index (Phi) is 8.32. The third-order valence-corrected chi connectivity index (χ3v) is 14.5. The molecule has 2 nitrogen and oxygen atoms in total. The van der Waals surface area contributed by atoms with Gasteiger partial charge in [0.25, 0.3) is 0 Å². The summed E-state index contributed by atoms with van der Waals surface area (Å²) >= 11 is 0. The fourth-order valence-electron chi connectivity index (χ4n) is 11.9. The van der Waals surface area contributed by atoms with Crippen LogP contribution in [0, 0.1) is 41.5 Å². The van der Waals surface area contributed by atoms with Crippen LogP contribution in [0.25, 0.3) is 21.5 Å². The van der Waals surface area contributed by atoms with Crippen molar-refractivity contribution in [1.82, 2.24) is 0 Å². The summed E-state index contributed by atoms with van der Waals surface area (Å²) in [5.41, 5.74) is 26.7. The van der Waals surface area contributed by atoms with Crippen LogP contribution in [0.5, 0.6) is 0 Å². The molecule has 0 saturated carbocycles. The highest BCUT2D eigenvalue weighted by atomic mass is 15.3. The summed E-state index contributed by atoms with van der Waals surface area (Å²) in [5, 5.41) is 5.19. The van der Waals surface area contributed by atoms with Crippen molar-refractivity contribution in [1.29, 1.82) is 0 Å². The Bertz CT molecular complexity index is 2990. The fourth-order valence-corrected chi connectivity index (χ4v) is 11.9. The molecule has 0 saturated heterocycles. The molecule has 0 fully saturated rings. The van der Waals surface area contributed by atoms with Crippen molar-refractivity contribution >= 4 is 102 Å². The van der Waals surface area contributed by atoms with Gasteiger partial charge >= 0.3 is 0 Å². The number of hydrogen-bond acceptors (Lipinski definition) is 2. The number of hydrogen-bond donors (Lipinski definition) is 0. The van der Waals surface area contributed by atoms with Crippen LogP contribution >= 0.6 is 0 Å². The molecule has 62 heavy (non-hydrogen) atoms. The third-order valence-electron chi connectivity index (χ3n) is 14.5. The molecule has 3 aliphatic heterocycles. The van der Waals surface area contributed by atoms with Crippen molar-refractivity contribution in [2.24, 2.45) is 0 Å². The first kappa shape index (κ1) is 38.9. The zero-order valence-corrected chi connectivity index (χ0v) is 38.6. The van der Waals surface area contributed by atoms with Gasteiger partial charge in [-0.05, 0) is 131 Å². The quantitative estimate of drug-likeness (QED) is 0.161. The summed E-state index contributed by atoms with van der Waals surface area (Å²) < 4.78 is 0. The van der Waals surface area contributed by atoms with Crippen molar-refractivity contribution in [2.75, 3.05) is 9.80 Å². The molecule has 0 bridgehead atoms. The average molecular weight is 803 g/mol. The minimum atomic E-state index is -0.0365. The smallest absolute Gasteiger partial charge is 0.248 e. The molecule has 0 aromatic heterocycles. The van der Waals surface area contributed by atoms with E-state index in [2.05, 4.69) is 214 Å². The van der Waals surface area contributed by atoms with E-state index in [0.717, 1.165) is 0 Å². The van der Waals surface area contributed by atoms with E-state index >= 15 is 0 Å². The molecular weight excluding hydrogens is 746 g/mol. The molecule has 0 aliphatic carbocycles. The second-order valence-electron chi connectivity index (χ2n) is 21.0. The number of anilines is 6. The Labute approximate surface area is 369 Å². The summed E-state index contributed by atoms with van der Waals surface area (Å²) in [4.78, 5) is 5.42. The number of rotatable bonds is 2. The molecule has 0 unspecified atom stereocenters. The van der Waals surface area contributed by atoms with Gasteiger partial charge in [0, 0.05) is 11.4 Å². The first-order valence-corrected chi connectivity index (χ1v) is 22.7. The van der Waals surface area contributed by atoms with Crippen LogP contribution in [0.2, 0.25) is 0 Å². The second kappa shape index (κ2) is 13.3. The highest BCUT2D eigenvalue weighted by molar-refractivity contribution is 7.01. The lowest BCUT2D eigenvalue weighted by atomic mass is 9.32. The van der Waals surface area contributed by atoms with Gasteiger partial charge in [0.15, 0.2) is 0 Å². The van der Waals surface area contributed by atoms with Crippen LogP contribution in [0.15, 0.2) is 121 Å². The van der Waals surface area contributed by atoms with Crippen LogP contribution in [-0.2, 0) is 10.8 Å². The molecule has 0 radical (unpaired) electrons. The monoisotopic (exact) mass is 802 g/mol. The van der Waals surface area contributed by atoms with Crippen LogP contribution < -0.4 is 42.6 Å². The first-order chi connectivity index (χ1) is 29.5. The Balaban J connectivity index is 1.37. The maximum absolute atomic E-state index is 2.71. The molecule has 304 valence electrons. The van der Waals surface area contributed by atoms with Crippen molar-refractivity contribution in [3.05, 3.63) is 166 Å². The van der Waals surface area contributed by atoms with E-state index in [0.29, 0.717) is 0 Å². The minimum absolute atomic E-state index is 0.0352. The first-order valence-electron chi connectivity index (χ1n) is 22.7. The van der Waals surface area contributed by atoms with E-state index < -0.39 is 0 Å². The maximum Gasteiger partial charge on any atom is 0.248 e. The summed E-state index contributed by atoms with van der Waals surface area (Å²) in [6.45, 7) is 28.0. The molecule has 0 amide bonds. The lowest BCUT2D eigenvalue weighted by molar-refractivity contribution is 0.590. The highest BCUT2D eigenvalue weighted by Crippen LogP contribution is 2.57. The van der Waals surface area contributed by atoms with E-state index in [1.54, 1.807) is 0 Å². The van der Waals surface area contributed by atoms with Crippen LogP contribution in [0.4, 0.5) is 34.1 Å². The van der Waals surface area contributed by atoms with E-state index in [4.69, 9.17) is 0 Å². The van der Waals surface area contributed by atoms with Gasteiger partial charge in [0.1, 0.15) is 0 Å². The molecular formula is C58H56B2N2. The number of aryl methyl sites for hydroxylation is 6. The second-order valence-corrected chi connectivity index (χ2v) is 21.0. The van der Waals surface area contributed by atoms with Gasteiger partial charge in [-0.3, -0.25) is 0 Å². The normalized spacial score (nSPS) is 14.0. The molecule has 8 aromatic rings. The number of benzene rings is 8. The van der Waals surface area contributed by atoms with Gasteiger partial charge in [-0.25, -0.2) is 0 Å². The van der Waals surface area contributed by atoms with Gasteiger partial charge in [-0.15, -0.1) is 0 Å². The Morgan fingerprint density at radius 3 is 1.08 bits per heavy atom. The fraction of sp³-hybridized carbons (Fsp3) is 0.241. The summed E-state index contributed by atoms with van der Waals surface area (Å²) in [6.07, 6.45) is 0. The molecule has 3 aliphatic rings. The molecule has 0 spiro atoms. The van der Waals surface area contributed by atoms with Gasteiger partial charge in [0.05, 0.1) is 22.7 Å². The molecule has 0 N–H and O–H groups in total. The largest absolute Gasteiger partial charge is 0.307 e. The van der Waals surface area contributed by atoms with Crippen molar-refractivity contribution in [2.45, 2.75) is 93.9 Å². The van der Waals surface area contributed by atoms with E-state index in [-0.39, 0.29) is 24.3 Å². The van der Waals surface area contributed by atoms with Gasteiger partial charge < -0.3 is 9.80 Å². The lowest BCUT2D eigenvalue weighted by Crippen LogP contribution is -2.62. The van der Waals surface area contributed by atoms with Crippen molar-refractivity contribution in [3.63, 3.8) is 0 Å². The van der Waals surface area contributed by atoms with Crippen molar-refractivity contribution < 1.29 is 0 Å². The number of nitrogens with zero attached hydrogens (tertiary/aromatic N) is 2. The predicted octanol–water partition coefficient (Wildman–Crippen LogP) is 11.4. The summed E-state index contributed by atoms with van der Waals surface area (Å²) in [7, 11) is 0. The topological polar surface area (TPSA) is 6.48 Å². The van der Waals surface area contributed by atoms with E-state index in [1.807, 2.05) is 0 Å². The zero-order chi connectivity index (χ0) is 43.3. The molecule has 3 heterocycles. The standard InChI is InChI=1S/C58H56B2N2/c1-33-25-35(3)51(36(4)26-33)59-45-23-21-41(57(7,8)9)31-47(45)61-50-30-40-18-14-16-20-44(40)54-56(50)62(49-29-39-17-13-15-19-43(39)53(59)55(49)61)48-32-42(58(10,11)12)22-24-46(48)60(54)52-37(5)27-34(2)28-38(52)6/h13-32H,1-12H3. The predicted molar refractivity (Wildman–Crippen MR) is 272 cm³/mol. The Morgan fingerprint density at radius 1 is 0.371 bits per heavy atom. The van der Waals surface area contributed by atoms with Gasteiger partial charge in [-0.1, -0.05) is 183 Å². The molecule has 11 rings (SSSR count). The molecule has 8 aromatic carbocycles. The van der Waals surface area contributed by atoms with E-state index in [1.165, 1.54) is 133 Å². The van der Waals surface area contributed by atoms with E-state index in [9.17, 15) is 0 Å². The third kappa shape index (κ3) is 5.51. The SMILES string of the molecule is Cc1cc(C)c(B2c3ccc(C(C)(C)C)cc3N3c4cc5ccccc5c5c4N(c4cc(C(C)(C)C)ccc4B5c4c(C)cc(C)cc4C)c4cc5ccccc5c2c43)c(C)c1. The van der Waals surface area contributed by atoms with Gasteiger partial charge in [-0.2, -0.15) is 0 Å². The number of fused-ring (bicyclic) bond motifs is 10. The van der Waals surface area contributed by atoms with Crippen LogP contribution in [-0.4, -0.2) is 13.4 Å². The van der Waals surface area contributed by atoms with Crippen LogP contribution in [0.3, 0.4) is 0 Å². The Hall–Kier alpha value is -5.99. The Morgan fingerprint density at radius 2 is 0.726 bits per heavy atom. The average Bonchev–Trinajstić information content (AvgIpc) is 3.20.